The first kappa shape index (κ1) is 22.1. The number of anilines is 2. The standard InChI is InChI=1S/C23H26N8O3S/c1-14(8-15-2-3-15)31-19-9-21(25-11-18(19)27-22(31)13-32)28-20-6-7-24-23(29-20)16-10-26-30(12-16)35(33,34)17-4-5-17/h6-7,9-12,14-15,17,32H,2-5,8,13H2,1H3,(H,24,25,28,29). The van der Waals surface area contributed by atoms with Gasteiger partial charge >= 0.3 is 0 Å². The van der Waals surface area contributed by atoms with Crippen LogP contribution < -0.4 is 5.32 Å². The summed E-state index contributed by atoms with van der Waals surface area (Å²) in [6, 6.07) is 3.85. The van der Waals surface area contributed by atoms with E-state index in [1.807, 2.05) is 6.07 Å². The molecule has 0 spiro atoms. The van der Waals surface area contributed by atoms with E-state index in [-0.39, 0.29) is 17.9 Å². The van der Waals surface area contributed by atoms with E-state index in [9.17, 15) is 13.5 Å². The number of hydrogen-bond acceptors (Lipinski definition) is 9. The Morgan fingerprint density at radius 3 is 2.71 bits per heavy atom. The van der Waals surface area contributed by atoms with Crippen LogP contribution in [0.5, 0.6) is 0 Å². The quantitative estimate of drug-likeness (QED) is 0.359. The molecule has 2 N–H and O–H groups in total. The number of fused-ring (bicyclic) bond motifs is 1. The predicted molar refractivity (Wildman–Crippen MR) is 129 cm³/mol. The van der Waals surface area contributed by atoms with Crippen LogP contribution in [0.4, 0.5) is 11.6 Å². The lowest BCUT2D eigenvalue weighted by molar-refractivity contribution is 0.261. The fourth-order valence-corrected chi connectivity index (χ4v) is 5.91. The fraction of sp³-hybridized carbons (Fsp3) is 0.435. The Morgan fingerprint density at radius 2 is 1.97 bits per heavy atom. The van der Waals surface area contributed by atoms with E-state index >= 15 is 0 Å². The van der Waals surface area contributed by atoms with Gasteiger partial charge in [-0.1, -0.05) is 12.8 Å². The summed E-state index contributed by atoms with van der Waals surface area (Å²) >= 11 is 0. The average Bonchev–Trinajstić information content (AvgIpc) is 3.77. The van der Waals surface area contributed by atoms with E-state index in [0.29, 0.717) is 41.7 Å². The highest BCUT2D eigenvalue weighted by Crippen LogP contribution is 2.38. The van der Waals surface area contributed by atoms with Crippen molar-refractivity contribution in [3.05, 3.63) is 42.7 Å². The third kappa shape index (κ3) is 4.27. The maximum Gasteiger partial charge on any atom is 0.256 e. The Labute approximate surface area is 202 Å². The van der Waals surface area contributed by atoms with Gasteiger partial charge in [-0.15, -0.1) is 0 Å². The van der Waals surface area contributed by atoms with Crippen molar-refractivity contribution in [2.24, 2.45) is 5.92 Å². The molecule has 0 amide bonds. The van der Waals surface area contributed by atoms with E-state index in [4.69, 9.17) is 0 Å². The molecule has 12 heteroatoms. The maximum absolute atomic E-state index is 12.4. The van der Waals surface area contributed by atoms with Crippen LogP contribution in [0.2, 0.25) is 0 Å². The van der Waals surface area contributed by atoms with Gasteiger partial charge in [0.2, 0.25) is 0 Å². The van der Waals surface area contributed by atoms with Crippen LogP contribution in [-0.2, 0) is 16.6 Å². The van der Waals surface area contributed by atoms with Crippen LogP contribution in [-0.4, -0.2) is 52.5 Å². The SMILES string of the molecule is CC(CC1CC1)n1c(CO)nc2cnc(Nc3ccnc(-c4cnn(S(=O)(=O)C5CC5)c4)n3)cc21. The smallest absolute Gasteiger partial charge is 0.256 e. The summed E-state index contributed by atoms with van der Waals surface area (Å²) in [5.74, 6) is 2.84. The van der Waals surface area contributed by atoms with Gasteiger partial charge in [-0.05, 0) is 38.2 Å². The van der Waals surface area contributed by atoms with Gasteiger partial charge in [0.1, 0.15) is 29.6 Å². The van der Waals surface area contributed by atoms with Gasteiger partial charge < -0.3 is 15.0 Å². The molecule has 2 saturated carbocycles. The minimum absolute atomic E-state index is 0.133. The molecular weight excluding hydrogens is 468 g/mol. The van der Waals surface area contributed by atoms with Gasteiger partial charge in [0.25, 0.3) is 10.0 Å². The van der Waals surface area contributed by atoms with Crippen LogP contribution in [0.25, 0.3) is 22.4 Å². The first-order chi connectivity index (χ1) is 16.9. The van der Waals surface area contributed by atoms with Crippen molar-refractivity contribution in [3.8, 4) is 11.4 Å². The molecule has 182 valence electrons. The summed E-state index contributed by atoms with van der Waals surface area (Å²) in [4.78, 5) is 17.8. The number of nitrogens with one attached hydrogen (secondary N) is 1. The highest BCUT2D eigenvalue weighted by Gasteiger charge is 2.37. The van der Waals surface area contributed by atoms with Crippen LogP contribution in [0.3, 0.4) is 0 Å². The van der Waals surface area contributed by atoms with Crippen LogP contribution in [0.15, 0.2) is 36.9 Å². The molecule has 4 heterocycles. The molecule has 0 saturated heterocycles. The second kappa shape index (κ2) is 8.38. The Kier molecular flexibility index (Phi) is 5.29. The van der Waals surface area contributed by atoms with Crippen molar-refractivity contribution in [3.63, 3.8) is 0 Å². The van der Waals surface area contributed by atoms with Gasteiger partial charge in [0.05, 0.1) is 34.9 Å². The van der Waals surface area contributed by atoms with Crippen molar-refractivity contribution >= 4 is 32.7 Å². The summed E-state index contributed by atoms with van der Waals surface area (Å²) in [7, 11) is -3.45. The molecule has 2 aliphatic carbocycles. The van der Waals surface area contributed by atoms with E-state index in [0.717, 1.165) is 27.5 Å². The zero-order chi connectivity index (χ0) is 24.2. The monoisotopic (exact) mass is 494 g/mol. The van der Waals surface area contributed by atoms with E-state index in [2.05, 4.69) is 41.8 Å². The highest BCUT2D eigenvalue weighted by molar-refractivity contribution is 7.90. The van der Waals surface area contributed by atoms with E-state index < -0.39 is 10.0 Å². The Bertz CT molecular complexity index is 1500. The second-order valence-electron chi connectivity index (χ2n) is 9.38. The topological polar surface area (TPSA) is 141 Å². The predicted octanol–water partition coefficient (Wildman–Crippen LogP) is 3.02. The molecule has 1 atom stereocenters. The molecule has 6 rings (SSSR count). The summed E-state index contributed by atoms with van der Waals surface area (Å²) in [5, 5.41) is 16.7. The largest absolute Gasteiger partial charge is 0.388 e. The average molecular weight is 495 g/mol. The molecule has 0 bridgehead atoms. The Balaban J connectivity index is 1.28. The molecule has 0 aromatic carbocycles. The van der Waals surface area contributed by atoms with Crippen molar-refractivity contribution in [2.75, 3.05) is 5.32 Å². The summed E-state index contributed by atoms with van der Waals surface area (Å²) in [6.07, 6.45) is 11.1. The van der Waals surface area contributed by atoms with Crippen LogP contribution in [0.1, 0.15) is 50.9 Å². The summed E-state index contributed by atoms with van der Waals surface area (Å²) in [6.45, 7) is 2.03. The van der Waals surface area contributed by atoms with Gasteiger partial charge in [0.15, 0.2) is 5.82 Å². The third-order valence-electron chi connectivity index (χ3n) is 6.54. The van der Waals surface area contributed by atoms with Gasteiger partial charge in [0, 0.05) is 18.3 Å². The van der Waals surface area contributed by atoms with E-state index in [1.165, 1.54) is 25.2 Å². The van der Waals surface area contributed by atoms with Crippen molar-refractivity contribution in [1.29, 1.82) is 0 Å². The molecule has 11 nitrogen and oxygen atoms in total. The number of rotatable bonds is 9. The van der Waals surface area contributed by atoms with Gasteiger partial charge in [-0.25, -0.2) is 28.4 Å². The number of aromatic nitrogens is 7. The fourth-order valence-electron chi connectivity index (χ4n) is 4.44. The molecule has 35 heavy (non-hydrogen) atoms. The Morgan fingerprint density at radius 1 is 1.14 bits per heavy atom. The molecule has 1 unspecified atom stereocenters. The lowest BCUT2D eigenvalue weighted by Gasteiger charge is -2.17. The molecular formula is C23H26N8O3S. The maximum atomic E-state index is 12.4. The minimum atomic E-state index is -3.45. The number of aliphatic hydroxyl groups is 1. The van der Waals surface area contributed by atoms with Crippen molar-refractivity contribution in [2.45, 2.75) is 56.9 Å². The number of pyridine rings is 1. The normalized spacial score (nSPS) is 17.1. The van der Waals surface area contributed by atoms with Crippen molar-refractivity contribution < 1.29 is 13.5 Å². The molecule has 0 aliphatic heterocycles. The van der Waals surface area contributed by atoms with E-state index in [1.54, 1.807) is 18.5 Å². The van der Waals surface area contributed by atoms with Crippen LogP contribution in [0, 0.1) is 5.92 Å². The minimum Gasteiger partial charge on any atom is -0.388 e. The van der Waals surface area contributed by atoms with Gasteiger partial charge in [-0.3, -0.25) is 0 Å². The summed E-state index contributed by atoms with van der Waals surface area (Å²) < 4.78 is 28.0. The second-order valence-corrected chi connectivity index (χ2v) is 11.4. The molecule has 2 aliphatic rings. The highest BCUT2D eigenvalue weighted by atomic mass is 32.2. The van der Waals surface area contributed by atoms with Crippen LogP contribution >= 0.6 is 0 Å². The van der Waals surface area contributed by atoms with Gasteiger partial charge in [-0.2, -0.15) is 9.19 Å². The Hall–Kier alpha value is -3.38. The number of aliphatic hydroxyl groups excluding tert-OH is 1. The molecule has 2 fully saturated rings. The zero-order valence-corrected chi connectivity index (χ0v) is 20.1. The third-order valence-corrected chi connectivity index (χ3v) is 8.57. The first-order valence-electron chi connectivity index (χ1n) is 11.8. The number of nitrogens with zero attached hydrogens (tertiary/aromatic N) is 7. The molecule has 4 aromatic rings. The number of hydrogen-bond donors (Lipinski definition) is 2. The van der Waals surface area contributed by atoms with Crippen molar-refractivity contribution in [1.82, 2.24) is 33.7 Å². The molecule has 4 aromatic heterocycles. The first-order valence-corrected chi connectivity index (χ1v) is 13.3. The number of imidazole rings is 1. The summed E-state index contributed by atoms with van der Waals surface area (Å²) in [5.41, 5.74) is 2.15. The lowest BCUT2D eigenvalue weighted by atomic mass is 10.1. The zero-order valence-electron chi connectivity index (χ0n) is 19.2. The lowest BCUT2D eigenvalue weighted by Crippen LogP contribution is -2.17. The molecule has 0 radical (unpaired) electrons.